The molecule has 2 heterocycles. The predicted octanol–water partition coefficient (Wildman–Crippen LogP) is 1.85. The average molecular weight is 230 g/mol. The Labute approximate surface area is 102 Å². The molecule has 1 saturated heterocycles. The van der Waals surface area contributed by atoms with E-state index in [2.05, 4.69) is 28.2 Å². The van der Waals surface area contributed by atoms with Gasteiger partial charge < -0.3 is 10.2 Å². The molecule has 0 unspecified atom stereocenters. The van der Waals surface area contributed by atoms with Crippen molar-refractivity contribution < 1.29 is 0 Å². The Morgan fingerprint density at radius 1 is 1.53 bits per heavy atom. The summed E-state index contributed by atoms with van der Waals surface area (Å²) in [5.74, 6) is 0.819. The molecule has 0 aromatic carbocycles. The molecular weight excluding hydrogens is 212 g/mol. The van der Waals surface area contributed by atoms with E-state index >= 15 is 0 Å². The van der Waals surface area contributed by atoms with Crippen LogP contribution < -0.4 is 5.32 Å². The molecule has 1 aromatic rings. The summed E-state index contributed by atoms with van der Waals surface area (Å²) in [6.07, 6.45) is 3.97. The number of likely N-dealkylation sites (tertiary alicyclic amines) is 1. The van der Waals surface area contributed by atoms with Gasteiger partial charge in [-0.05, 0) is 31.5 Å². The third-order valence-electron chi connectivity index (χ3n) is 3.28. The van der Waals surface area contributed by atoms with Gasteiger partial charge in [0.05, 0.1) is 11.6 Å². The number of nitrogens with zero attached hydrogens (tertiary/aromatic N) is 3. The smallest absolute Gasteiger partial charge is 0.127 e. The molecule has 1 aliphatic heterocycles. The second kappa shape index (κ2) is 5.65. The van der Waals surface area contributed by atoms with E-state index in [1.54, 1.807) is 12.3 Å². The molecule has 1 N–H and O–H groups in total. The zero-order chi connectivity index (χ0) is 12.1. The zero-order valence-corrected chi connectivity index (χ0v) is 10.2. The second-order valence-corrected chi connectivity index (χ2v) is 4.39. The van der Waals surface area contributed by atoms with Gasteiger partial charge in [-0.1, -0.05) is 6.92 Å². The second-order valence-electron chi connectivity index (χ2n) is 4.39. The first-order valence-corrected chi connectivity index (χ1v) is 6.17. The van der Waals surface area contributed by atoms with Gasteiger partial charge in [0, 0.05) is 25.3 Å². The number of anilines is 1. The molecule has 0 radical (unpaired) electrons. The molecule has 1 aromatic heterocycles. The molecule has 0 amide bonds. The molecule has 1 aliphatic rings. The summed E-state index contributed by atoms with van der Waals surface area (Å²) >= 11 is 0. The lowest BCUT2D eigenvalue weighted by atomic mass is 10.1. The number of hydrogen-bond donors (Lipinski definition) is 1. The van der Waals surface area contributed by atoms with E-state index < -0.39 is 0 Å². The Kier molecular flexibility index (Phi) is 3.94. The largest absolute Gasteiger partial charge is 0.367 e. The Morgan fingerprint density at radius 3 is 2.94 bits per heavy atom. The minimum absolute atomic E-state index is 0.485. The van der Waals surface area contributed by atoms with Crippen LogP contribution in [0.4, 0.5) is 5.82 Å². The van der Waals surface area contributed by atoms with E-state index in [0.29, 0.717) is 11.6 Å². The van der Waals surface area contributed by atoms with E-state index in [1.165, 1.54) is 0 Å². The molecule has 0 spiro atoms. The van der Waals surface area contributed by atoms with Crippen LogP contribution in [0.1, 0.15) is 25.3 Å². The maximum atomic E-state index is 8.82. The minimum Gasteiger partial charge on any atom is -0.367 e. The van der Waals surface area contributed by atoms with Gasteiger partial charge in [0.15, 0.2) is 0 Å². The first-order chi connectivity index (χ1) is 8.31. The fraction of sp³-hybridized carbons (Fsp3) is 0.538. The van der Waals surface area contributed by atoms with E-state index in [0.717, 1.165) is 38.3 Å². The van der Waals surface area contributed by atoms with E-state index in [4.69, 9.17) is 5.26 Å². The van der Waals surface area contributed by atoms with Crippen molar-refractivity contribution >= 4 is 5.82 Å². The summed E-state index contributed by atoms with van der Waals surface area (Å²) in [6.45, 7) is 5.62. The van der Waals surface area contributed by atoms with Crippen LogP contribution in [0.25, 0.3) is 0 Å². The van der Waals surface area contributed by atoms with Crippen LogP contribution in [0, 0.1) is 11.3 Å². The van der Waals surface area contributed by atoms with Crippen molar-refractivity contribution in [3.8, 4) is 6.07 Å². The summed E-state index contributed by atoms with van der Waals surface area (Å²) in [6, 6.07) is 6.16. The van der Waals surface area contributed by atoms with Gasteiger partial charge in [0.1, 0.15) is 5.82 Å². The van der Waals surface area contributed by atoms with Gasteiger partial charge in [-0.15, -0.1) is 0 Å². The molecule has 4 heteroatoms. The Bertz CT molecular complexity index is 402. The Balaban J connectivity index is 1.91. The highest BCUT2D eigenvalue weighted by Crippen LogP contribution is 2.15. The highest BCUT2D eigenvalue weighted by molar-refractivity contribution is 5.43. The number of nitriles is 1. The molecular formula is C13H18N4. The van der Waals surface area contributed by atoms with Crippen molar-refractivity contribution in [2.24, 2.45) is 0 Å². The van der Waals surface area contributed by atoms with E-state index in [-0.39, 0.29) is 0 Å². The lowest BCUT2D eigenvalue weighted by molar-refractivity contribution is 0.229. The van der Waals surface area contributed by atoms with E-state index in [1.807, 2.05) is 6.07 Å². The standard InChI is InChI=1S/C13H18N4/c1-2-17-7-4-12(5-8-17)16-13-9-11(10-14)3-6-15-13/h3,6,9,12H,2,4-5,7-8H2,1H3,(H,15,16). The lowest BCUT2D eigenvalue weighted by Crippen LogP contribution is -2.38. The first-order valence-electron chi connectivity index (χ1n) is 6.17. The van der Waals surface area contributed by atoms with E-state index in [9.17, 15) is 0 Å². The molecule has 4 nitrogen and oxygen atoms in total. The zero-order valence-electron chi connectivity index (χ0n) is 10.2. The number of hydrogen-bond acceptors (Lipinski definition) is 4. The number of pyridine rings is 1. The van der Waals surface area contributed by atoms with Crippen LogP contribution in [0.5, 0.6) is 0 Å². The highest BCUT2D eigenvalue weighted by Gasteiger charge is 2.17. The predicted molar refractivity (Wildman–Crippen MR) is 67.7 cm³/mol. The van der Waals surface area contributed by atoms with Crippen LogP contribution in [-0.4, -0.2) is 35.6 Å². The summed E-state index contributed by atoms with van der Waals surface area (Å²) in [4.78, 5) is 6.70. The Hall–Kier alpha value is -1.60. The number of rotatable bonds is 3. The number of piperidine rings is 1. The molecule has 0 saturated carbocycles. The average Bonchev–Trinajstić information content (AvgIpc) is 2.40. The van der Waals surface area contributed by atoms with Crippen LogP contribution in [0.3, 0.4) is 0 Å². The molecule has 1 fully saturated rings. The topological polar surface area (TPSA) is 52.0 Å². The van der Waals surface area contributed by atoms with Gasteiger partial charge >= 0.3 is 0 Å². The van der Waals surface area contributed by atoms with Crippen molar-refractivity contribution in [2.75, 3.05) is 25.0 Å². The molecule has 0 aliphatic carbocycles. The first kappa shape index (κ1) is 11.9. The van der Waals surface area contributed by atoms with Crippen molar-refractivity contribution in [2.45, 2.75) is 25.8 Å². The van der Waals surface area contributed by atoms with Gasteiger partial charge in [-0.3, -0.25) is 0 Å². The Morgan fingerprint density at radius 2 is 2.29 bits per heavy atom. The molecule has 0 bridgehead atoms. The number of aromatic nitrogens is 1. The summed E-state index contributed by atoms with van der Waals surface area (Å²) in [5.41, 5.74) is 0.661. The monoisotopic (exact) mass is 230 g/mol. The van der Waals surface area contributed by atoms with Crippen molar-refractivity contribution in [3.63, 3.8) is 0 Å². The van der Waals surface area contributed by atoms with Gasteiger partial charge in [-0.2, -0.15) is 5.26 Å². The highest BCUT2D eigenvalue weighted by atomic mass is 15.1. The van der Waals surface area contributed by atoms with Crippen LogP contribution in [0.15, 0.2) is 18.3 Å². The van der Waals surface area contributed by atoms with Crippen LogP contribution >= 0.6 is 0 Å². The molecule has 0 atom stereocenters. The van der Waals surface area contributed by atoms with Gasteiger partial charge in [0.2, 0.25) is 0 Å². The number of nitrogens with one attached hydrogen (secondary N) is 1. The SMILES string of the molecule is CCN1CCC(Nc2cc(C#N)ccn2)CC1. The molecule has 2 rings (SSSR count). The third-order valence-corrected chi connectivity index (χ3v) is 3.28. The van der Waals surface area contributed by atoms with Gasteiger partial charge in [-0.25, -0.2) is 4.98 Å². The summed E-state index contributed by atoms with van der Waals surface area (Å²) < 4.78 is 0. The molecule has 17 heavy (non-hydrogen) atoms. The van der Waals surface area contributed by atoms with Crippen LogP contribution in [0.2, 0.25) is 0 Å². The maximum Gasteiger partial charge on any atom is 0.127 e. The minimum atomic E-state index is 0.485. The van der Waals surface area contributed by atoms with Crippen molar-refractivity contribution in [1.82, 2.24) is 9.88 Å². The summed E-state index contributed by atoms with van der Waals surface area (Å²) in [5, 5.41) is 12.2. The summed E-state index contributed by atoms with van der Waals surface area (Å²) in [7, 11) is 0. The third kappa shape index (κ3) is 3.18. The van der Waals surface area contributed by atoms with Crippen LogP contribution in [-0.2, 0) is 0 Å². The maximum absolute atomic E-state index is 8.82. The quantitative estimate of drug-likeness (QED) is 0.861. The fourth-order valence-electron chi connectivity index (χ4n) is 2.18. The lowest BCUT2D eigenvalue weighted by Gasteiger charge is -2.31. The van der Waals surface area contributed by atoms with Crippen molar-refractivity contribution in [3.05, 3.63) is 23.9 Å². The fourth-order valence-corrected chi connectivity index (χ4v) is 2.18. The normalized spacial score (nSPS) is 17.6. The molecule has 90 valence electrons. The van der Waals surface area contributed by atoms with Crippen molar-refractivity contribution in [1.29, 1.82) is 5.26 Å². The van der Waals surface area contributed by atoms with Gasteiger partial charge in [0.25, 0.3) is 0 Å².